The Kier molecular flexibility index (Phi) is 11.2. The van der Waals surface area contributed by atoms with Gasteiger partial charge in [0.25, 0.3) is 11.8 Å². The Bertz CT molecular complexity index is 1520. The quantitative estimate of drug-likeness (QED) is 0.101. The highest BCUT2D eigenvalue weighted by atomic mass is 35.5. The minimum absolute atomic E-state index is 0.127. The molecule has 44 heavy (non-hydrogen) atoms. The zero-order valence-electron chi connectivity index (χ0n) is 26.5. The van der Waals surface area contributed by atoms with E-state index in [0.29, 0.717) is 34.2 Å². The van der Waals surface area contributed by atoms with Crippen LogP contribution in [0.2, 0.25) is 23.2 Å². The van der Waals surface area contributed by atoms with Crippen LogP contribution in [0.3, 0.4) is 0 Å². The van der Waals surface area contributed by atoms with E-state index >= 15 is 0 Å². The summed E-state index contributed by atoms with van der Waals surface area (Å²) in [6.07, 6.45) is -0.662. The van der Waals surface area contributed by atoms with Crippen molar-refractivity contribution in [1.29, 1.82) is 5.26 Å². The van der Waals surface area contributed by atoms with Crippen LogP contribution in [0, 0.1) is 18.3 Å². The van der Waals surface area contributed by atoms with Crippen LogP contribution in [0.4, 0.5) is 5.69 Å². The predicted molar refractivity (Wildman–Crippen MR) is 175 cm³/mol. The first kappa shape index (κ1) is 34.6. The molecule has 3 rings (SSSR count). The first-order valence-electron chi connectivity index (χ1n) is 14.2. The van der Waals surface area contributed by atoms with Gasteiger partial charge in [-0.05, 0) is 91.6 Å². The molecule has 0 heterocycles. The van der Waals surface area contributed by atoms with E-state index in [2.05, 4.69) is 45.3 Å². The van der Waals surface area contributed by atoms with Crippen LogP contribution in [0.15, 0.2) is 60.7 Å². The molecule has 0 aliphatic carbocycles. The first-order chi connectivity index (χ1) is 20.6. The van der Waals surface area contributed by atoms with E-state index in [9.17, 15) is 14.9 Å². The number of amides is 2. The van der Waals surface area contributed by atoms with Crippen LogP contribution >= 0.6 is 11.6 Å². The van der Waals surface area contributed by atoms with E-state index in [1.54, 1.807) is 57.4 Å². The Labute approximate surface area is 266 Å². The number of nitriles is 1. The fourth-order valence-corrected chi connectivity index (χ4v) is 5.78. The van der Waals surface area contributed by atoms with Crippen LogP contribution in [0.25, 0.3) is 0 Å². The molecular weight excluding hydrogens is 596 g/mol. The lowest BCUT2D eigenvalue weighted by Gasteiger charge is -2.40. The summed E-state index contributed by atoms with van der Waals surface area (Å²) in [6.45, 7) is 14.3. The number of ether oxygens (including phenoxy) is 2. The van der Waals surface area contributed by atoms with E-state index in [-0.39, 0.29) is 15.6 Å². The third kappa shape index (κ3) is 8.18. The summed E-state index contributed by atoms with van der Waals surface area (Å²) >= 11 is 6.41. The van der Waals surface area contributed by atoms with Gasteiger partial charge < -0.3 is 19.2 Å². The van der Waals surface area contributed by atoms with Crippen molar-refractivity contribution in [3.05, 3.63) is 87.9 Å². The predicted octanol–water partition coefficient (Wildman–Crippen LogP) is 6.84. The minimum Gasteiger partial charge on any atom is -0.497 e. The number of imide groups is 1. The molecule has 11 heteroatoms. The second-order valence-electron chi connectivity index (χ2n) is 12.1. The average molecular weight is 637 g/mol. The maximum absolute atomic E-state index is 13.9. The standard InChI is InChI=1S/C33H41ClN4O5Si/c1-21-28(18-13-25(19-35)29(21)34)37-30(22(2)43-44(7,8)33(3,4)5)32(40)38(36)31(39)24-11-16-27(17-12-24)42-20-23-9-14-26(41-6)15-10-23/h9-18,22,30,37H,20,36H2,1-8H3. The summed E-state index contributed by atoms with van der Waals surface area (Å²) in [6, 6.07) is 18.2. The van der Waals surface area contributed by atoms with Crippen LogP contribution in [0.1, 0.15) is 54.7 Å². The molecule has 0 spiro atoms. The molecule has 2 unspecified atom stereocenters. The lowest BCUT2D eigenvalue weighted by Crippen LogP contribution is -2.56. The fourth-order valence-electron chi connectivity index (χ4n) is 4.16. The van der Waals surface area contributed by atoms with Gasteiger partial charge in [0.05, 0.1) is 23.8 Å². The summed E-state index contributed by atoms with van der Waals surface area (Å²) in [7, 11) is -0.720. The summed E-state index contributed by atoms with van der Waals surface area (Å²) in [5.74, 6) is 6.13. The van der Waals surface area contributed by atoms with Crippen LogP contribution in [-0.4, -0.2) is 44.4 Å². The lowest BCUT2D eigenvalue weighted by atomic mass is 10.1. The smallest absolute Gasteiger partial charge is 0.274 e. The Balaban J connectivity index is 1.81. The molecule has 0 aliphatic heterocycles. The van der Waals surface area contributed by atoms with Gasteiger partial charge in [-0.2, -0.15) is 5.26 Å². The van der Waals surface area contributed by atoms with Gasteiger partial charge in [0.2, 0.25) is 0 Å². The third-order valence-corrected chi connectivity index (χ3v) is 13.0. The molecule has 0 fully saturated rings. The van der Waals surface area contributed by atoms with Crippen molar-refractivity contribution in [2.24, 2.45) is 5.84 Å². The Morgan fingerprint density at radius 1 is 1.05 bits per heavy atom. The van der Waals surface area contributed by atoms with Gasteiger partial charge >= 0.3 is 0 Å². The average Bonchev–Trinajstić information content (AvgIpc) is 2.99. The van der Waals surface area contributed by atoms with E-state index < -0.39 is 32.3 Å². The fraction of sp³-hybridized carbons (Fsp3) is 0.364. The number of nitrogens with two attached hydrogens (primary N) is 1. The number of benzene rings is 3. The molecule has 3 N–H and O–H groups in total. The highest BCUT2D eigenvalue weighted by molar-refractivity contribution is 6.74. The lowest BCUT2D eigenvalue weighted by molar-refractivity contribution is -0.131. The topological polar surface area (TPSA) is 127 Å². The molecule has 234 valence electrons. The second kappa shape index (κ2) is 14.3. The number of halogens is 1. The minimum atomic E-state index is -2.33. The first-order valence-corrected chi connectivity index (χ1v) is 17.5. The van der Waals surface area contributed by atoms with Crippen LogP contribution in [0.5, 0.6) is 11.5 Å². The van der Waals surface area contributed by atoms with Crippen molar-refractivity contribution < 1.29 is 23.5 Å². The van der Waals surface area contributed by atoms with Gasteiger partial charge in [-0.25, -0.2) is 10.9 Å². The van der Waals surface area contributed by atoms with Gasteiger partial charge in [0, 0.05) is 11.3 Å². The van der Waals surface area contributed by atoms with E-state index in [4.69, 9.17) is 31.3 Å². The van der Waals surface area contributed by atoms with E-state index in [1.165, 1.54) is 0 Å². The highest BCUT2D eigenvalue weighted by Crippen LogP contribution is 2.38. The number of nitrogens with one attached hydrogen (secondary N) is 1. The van der Waals surface area contributed by atoms with Gasteiger partial charge in [-0.3, -0.25) is 9.59 Å². The molecule has 0 aliphatic rings. The molecule has 9 nitrogen and oxygen atoms in total. The normalized spacial score (nSPS) is 12.9. The highest BCUT2D eigenvalue weighted by Gasteiger charge is 2.42. The molecule has 2 atom stereocenters. The van der Waals surface area contributed by atoms with Crippen LogP contribution < -0.4 is 20.6 Å². The van der Waals surface area contributed by atoms with Crippen molar-refractivity contribution in [3.63, 3.8) is 0 Å². The zero-order chi connectivity index (χ0) is 32.8. The monoisotopic (exact) mass is 636 g/mol. The number of carbonyl (C=O) groups is 2. The molecule has 0 bridgehead atoms. The summed E-state index contributed by atoms with van der Waals surface area (Å²) < 4.78 is 17.6. The number of hydrazine groups is 1. The SMILES string of the molecule is COc1ccc(COc2ccc(C(=O)N(N)C(=O)C(Nc3ccc(C#N)c(Cl)c3C)C(C)O[Si](C)(C)C(C)(C)C)cc2)cc1. The number of nitrogens with zero attached hydrogens (tertiary/aromatic N) is 2. The van der Waals surface area contributed by atoms with Gasteiger partial charge in [-0.15, -0.1) is 0 Å². The Hall–Kier alpha value is -3.88. The molecule has 0 saturated carbocycles. The second-order valence-corrected chi connectivity index (χ2v) is 17.2. The number of rotatable bonds is 11. The molecular formula is C33H41ClN4O5Si. The molecule has 3 aromatic carbocycles. The van der Waals surface area contributed by atoms with Gasteiger partial charge in [0.15, 0.2) is 8.32 Å². The van der Waals surface area contributed by atoms with Crippen molar-refractivity contribution >= 4 is 37.4 Å². The molecule has 0 aromatic heterocycles. The molecule has 0 radical (unpaired) electrons. The Morgan fingerprint density at radius 2 is 1.64 bits per heavy atom. The zero-order valence-corrected chi connectivity index (χ0v) is 28.3. The molecule has 2 amide bonds. The van der Waals surface area contributed by atoms with Crippen molar-refractivity contribution in [3.8, 4) is 17.6 Å². The van der Waals surface area contributed by atoms with Crippen LogP contribution in [-0.2, 0) is 15.8 Å². The van der Waals surface area contributed by atoms with Crippen molar-refractivity contribution in [2.75, 3.05) is 12.4 Å². The Morgan fingerprint density at radius 3 is 2.18 bits per heavy atom. The third-order valence-electron chi connectivity index (χ3n) is 7.96. The van der Waals surface area contributed by atoms with E-state index in [0.717, 1.165) is 11.3 Å². The van der Waals surface area contributed by atoms with Gasteiger partial charge in [-0.1, -0.05) is 44.5 Å². The van der Waals surface area contributed by atoms with Gasteiger partial charge in [0.1, 0.15) is 30.2 Å². The summed E-state index contributed by atoms with van der Waals surface area (Å²) in [5, 5.41) is 13.3. The molecule has 3 aromatic rings. The van der Waals surface area contributed by atoms with E-state index in [1.807, 2.05) is 24.3 Å². The number of hydrogen-bond acceptors (Lipinski definition) is 8. The van der Waals surface area contributed by atoms with Crippen molar-refractivity contribution in [2.45, 2.75) is 71.5 Å². The number of methoxy groups -OCH3 is 1. The van der Waals surface area contributed by atoms with Crippen molar-refractivity contribution in [1.82, 2.24) is 5.01 Å². The maximum atomic E-state index is 13.9. The maximum Gasteiger partial charge on any atom is 0.274 e. The molecule has 0 saturated heterocycles. The number of hydrogen-bond donors (Lipinski definition) is 2. The summed E-state index contributed by atoms with van der Waals surface area (Å²) in [5.41, 5.74) is 2.60. The number of anilines is 1. The number of carbonyl (C=O) groups excluding carboxylic acids is 2. The summed E-state index contributed by atoms with van der Waals surface area (Å²) in [4.78, 5) is 27.2. The largest absolute Gasteiger partial charge is 0.497 e.